The number of aromatic nitrogens is 1. The highest BCUT2D eigenvalue weighted by Gasteiger charge is 2.18. The predicted molar refractivity (Wildman–Crippen MR) is 54.8 cm³/mol. The Kier molecular flexibility index (Phi) is 3.05. The van der Waals surface area contributed by atoms with E-state index in [4.69, 9.17) is 9.84 Å². The van der Waals surface area contributed by atoms with Crippen LogP contribution in [0, 0.1) is 5.82 Å². The Balaban J connectivity index is 2.11. The average molecular weight is 251 g/mol. The SMILES string of the molecule is O=C(O)c1cc(C(=O)Oc2ccc(F)cc2)on1. The maximum Gasteiger partial charge on any atom is 0.382 e. The third kappa shape index (κ3) is 2.51. The van der Waals surface area contributed by atoms with Gasteiger partial charge >= 0.3 is 11.9 Å². The Morgan fingerprint density at radius 1 is 1.28 bits per heavy atom. The Hall–Kier alpha value is -2.70. The zero-order valence-electron chi connectivity index (χ0n) is 8.79. The number of carboxylic acids is 1. The molecule has 92 valence electrons. The Bertz CT molecular complexity index is 590. The lowest BCUT2D eigenvalue weighted by Gasteiger charge is -2.00. The van der Waals surface area contributed by atoms with E-state index in [0.717, 1.165) is 18.2 Å². The highest BCUT2D eigenvalue weighted by atomic mass is 19.1. The molecule has 1 aromatic carbocycles. The minimum Gasteiger partial charge on any atom is -0.476 e. The van der Waals surface area contributed by atoms with Gasteiger partial charge in [0, 0.05) is 6.07 Å². The van der Waals surface area contributed by atoms with E-state index in [1.807, 2.05) is 0 Å². The van der Waals surface area contributed by atoms with Crippen molar-refractivity contribution in [2.75, 3.05) is 0 Å². The number of carbonyl (C=O) groups is 2. The summed E-state index contributed by atoms with van der Waals surface area (Å²) in [6.45, 7) is 0. The quantitative estimate of drug-likeness (QED) is 0.660. The van der Waals surface area contributed by atoms with E-state index >= 15 is 0 Å². The highest BCUT2D eigenvalue weighted by Crippen LogP contribution is 2.14. The molecule has 6 nitrogen and oxygen atoms in total. The van der Waals surface area contributed by atoms with Gasteiger partial charge in [-0.15, -0.1) is 0 Å². The summed E-state index contributed by atoms with van der Waals surface area (Å²) >= 11 is 0. The van der Waals surface area contributed by atoms with E-state index in [9.17, 15) is 14.0 Å². The molecule has 18 heavy (non-hydrogen) atoms. The van der Waals surface area contributed by atoms with Crippen LogP contribution in [0.25, 0.3) is 0 Å². The molecule has 0 unspecified atom stereocenters. The van der Waals surface area contributed by atoms with Gasteiger partial charge in [-0.1, -0.05) is 5.16 Å². The van der Waals surface area contributed by atoms with Crippen LogP contribution in [0.2, 0.25) is 0 Å². The van der Waals surface area contributed by atoms with E-state index in [0.29, 0.717) is 0 Å². The molecule has 1 heterocycles. The van der Waals surface area contributed by atoms with Gasteiger partial charge in [-0.2, -0.15) is 0 Å². The van der Waals surface area contributed by atoms with Crippen LogP contribution in [0.4, 0.5) is 4.39 Å². The van der Waals surface area contributed by atoms with Crippen molar-refractivity contribution >= 4 is 11.9 Å². The molecule has 0 bridgehead atoms. The molecule has 0 saturated heterocycles. The summed E-state index contributed by atoms with van der Waals surface area (Å²) in [4.78, 5) is 22.0. The lowest BCUT2D eigenvalue weighted by molar-refractivity contribution is 0.0668. The third-order valence-corrected chi connectivity index (χ3v) is 1.95. The van der Waals surface area contributed by atoms with Crippen molar-refractivity contribution in [3.8, 4) is 5.75 Å². The number of hydrogen-bond acceptors (Lipinski definition) is 5. The predicted octanol–water partition coefficient (Wildman–Crippen LogP) is 1.73. The fourth-order valence-electron chi connectivity index (χ4n) is 1.13. The number of ether oxygens (including phenoxy) is 1. The number of halogens is 1. The maximum absolute atomic E-state index is 12.6. The number of carbonyl (C=O) groups excluding carboxylic acids is 1. The second-order valence-corrected chi connectivity index (χ2v) is 3.22. The number of aromatic carboxylic acids is 1. The first-order chi connectivity index (χ1) is 8.56. The minimum absolute atomic E-state index is 0.106. The van der Waals surface area contributed by atoms with Crippen molar-refractivity contribution in [2.24, 2.45) is 0 Å². The maximum atomic E-state index is 12.6. The number of hydrogen-bond donors (Lipinski definition) is 1. The van der Waals surface area contributed by atoms with Gasteiger partial charge in [-0.05, 0) is 24.3 Å². The fraction of sp³-hybridized carbons (Fsp3) is 0. The summed E-state index contributed by atoms with van der Waals surface area (Å²) in [5.41, 5.74) is -0.402. The molecule has 0 radical (unpaired) electrons. The first kappa shape index (κ1) is 11.8. The van der Waals surface area contributed by atoms with Gasteiger partial charge in [0.25, 0.3) is 0 Å². The van der Waals surface area contributed by atoms with Crippen molar-refractivity contribution in [3.63, 3.8) is 0 Å². The first-order valence-corrected chi connectivity index (χ1v) is 4.74. The van der Waals surface area contributed by atoms with Crippen molar-refractivity contribution in [1.29, 1.82) is 0 Å². The zero-order chi connectivity index (χ0) is 13.1. The molecule has 0 aliphatic rings. The van der Waals surface area contributed by atoms with E-state index in [1.54, 1.807) is 0 Å². The Morgan fingerprint density at radius 3 is 2.50 bits per heavy atom. The molecule has 1 aromatic heterocycles. The van der Waals surface area contributed by atoms with Crippen molar-refractivity contribution in [2.45, 2.75) is 0 Å². The molecule has 0 aliphatic carbocycles. The largest absolute Gasteiger partial charge is 0.476 e. The van der Waals surface area contributed by atoms with Crippen molar-refractivity contribution < 1.29 is 28.3 Å². The lowest BCUT2D eigenvalue weighted by Crippen LogP contribution is -2.07. The van der Waals surface area contributed by atoms with Crippen molar-refractivity contribution in [3.05, 3.63) is 47.6 Å². The van der Waals surface area contributed by atoms with Gasteiger partial charge in [0.05, 0.1) is 0 Å². The van der Waals surface area contributed by atoms with Crippen LogP contribution in [-0.4, -0.2) is 22.2 Å². The van der Waals surface area contributed by atoms with Crippen LogP contribution in [0.3, 0.4) is 0 Å². The Morgan fingerprint density at radius 2 is 1.94 bits per heavy atom. The van der Waals surface area contributed by atoms with E-state index < -0.39 is 23.4 Å². The molecule has 0 amide bonds. The molecule has 2 rings (SSSR count). The highest BCUT2D eigenvalue weighted by molar-refractivity contribution is 5.92. The second-order valence-electron chi connectivity index (χ2n) is 3.22. The lowest BCUT2D eigenvalue weighted by atomic mass is 10.3. The average Bonchev–Trinajstić information content (AvgIpc) is 2.81. The summed E-state index contributed by atoms with van der Waals surface area (Å²) < 4.78 is 21.9. The Labute approximate surface area is 99.6 Å². The molecule has 7 heteroatoms. The van der Waals surface area contributed by atoms with Crippen LogP contribution in [0.15, 0.2) is 34.9 Å². The van der Waals surface area contributed by atoms with Gasteiger partial charge in [0.1, 0.15) is 11.6 Å². The molecular weight excluding hydrogens is 245 g/mol. The van der Waals surface area contributed by atoms with Gasteiger partial charge in [-0.25, -0.2) is 14.0 Å². The summed E-state index contributed by atoms with van der Waals surface area (Å²) in [6, 6.07) is 5.68. The second kappa shape index (κ2) is 4.66. The third-order valence-electron chi connectivity index (χ3n) is 1.95. The molecule has 0 aliphatic heterocycles. The van der Waals surface area contributed by atoms with Crippen LogP contribution < -0.4 is 4.74 Å². The van der Waals surface area contributed by atoms with Gasteiger partial charge in [0.15, 0.2) is 5.69 Å². The smallest absolute Gasteiger partial charge is 0.382 e. The number of esters is 1. The van der Waals surface area contributed by atoms with Crippen LogP contribution in [-0.2, 0) is 0 Å². The molecular formula is C11H6FNO5. The van der Waals surface area contributed by atoms with Gasteiger partial charge in [-0.3, -0.25) is 0 Å². The molecule has 1 N–H and O–H groups in total. The van der Waals surface area contributed by atoms with E-state index in [1.165, 1.54) is 12.1 Å². The summed E-state index contributed by atoms with van der Waals surface area (Å²) in [5.74, 6) is -2.95. The molecule has 0 saturated carbocycles. The molecule has 2 aromatic rings. The molecule has 0 spiro atoms. The monoisotopic (exact) mass is 251 g/mol. The van der Waals surface area contributed by atoms with E-state index in [-0.39, 0.29) is 11.5 Å². The number of rotatable bonds is 3. The summed E-state index contributed by atoms with van der Waals surface area (Å²) in [7, 11) is 0. The standard InChI is InChI=1S/C11H6FNO5/c12-6-1-3-7(4-2-6)17-11(16)9-5-8(10(14)15)13-18-9/h1-5H,(H,14,15). The minimum atomic E-state index is -1.32. The summed E-state index contributed by atoms with van der Waals surface area (Å²) in [5, 5.41) is 11.7. The molecule has 0 atom stereocenters. The number of carboxylic acid groups (broad SMARTS) is 1. The summed E-state index contributed by atoms with van der Waals surface area (Å²) in [6.07, 6.45) is 0. The van der Waals surface area contributed by atoms with Gasteiger partial charge < -0.3 is 14.4 Å². The topological polar surface area (TPSA) is 89.6 Å². The van der Waals surface area contributed by atoms with Crippen LogP contribution in [0.1, 0.15) is 21.0 Å². The van der Waals surface area contributed by atoms with Crippen LogP contribution >= 0.6 is 0 Å². The normalized spacial score (nSPS) is 10.1. The fourth-order valence-corrected chi connectivity index (χ4v) is 1.13. The first-order valence-electron chi connectivity index (χ1n) is 4.74. The number of nitrogens with zero attached hydrogens (tertiary/aromatic N) is 1. The molecule has 0 fully saturated rings. The van der Waals surface area contributed by atoms with E-state index in [2.05, 4.69) is 9.68 Å². The zero-order valence-corrected chi connectivity index (χ0v) is 8.79. The van der Waals surface area contributed by atoms with Crippen LogP contribution in [0.5, 0.6) is 5.75 Å². The van der Waals surface area contributed by atoms with Crippen molar-refractivity contribution in [1.82, 2.24) is 5.16 Å². The van der Waals surface area contributed by atoms with Gasteiger partial charge in [0.2, 0.25) is 5.76 Å². The number of benzene rings is 1.